The number of rotatable bonds is 5. The molecule has 4 rings (SSSR count). The van der Waals surface area contributed by atoms with Crippen LogP contribution >= 0.6 is 0 Å². The first-order valence-corrected chi connectivity index (χ1v) is 8.76. The first kappa shape index (κ1) is 16.6. The fourth-order valence-electron chi connectivity index (χ4n) is 3.23. The first-order chi connectivity index (χ1) is 12.6. The number of carbonyl (C=O) groups excluding carboxylic acids is 1. The molecule has 6 heteroatoms. The van der Waals surface area contributed by atoms with Crippen LogP contribution in [0.3, 0.4) is 0 Å². The molecular weight excluding hydrogens is 330 g/mol. The summed E-state index contributed by atoms with van der Waals surface area (Å²) in [4.78, 5) is 20.6. The number of aromatic amines is 1. The third-order valence-corrected chi connectivity index (χ3v) is 4.93. The van der Waals surface area contributed by atoms with Crippen molar-refractivity contribution in [2.24, 2.45) is 0 Å². The van der Waals surface area contributed by atoms with E-state index in [1.165, 1.54) is 38.5 Å². The zero-order valence-electron chi connectivity index (χ0n) is 14.5. The molecule has 3 N–H and O–H groups in total. The summed E-state index contributed by atoms with van der Waals surface area (Å²) >= 11 is 0. The van der Waals surface area contributed by atoms with Gasteiger partial charge in [0.15, 0.2) is 6.10 Å². The topological polar surface area (TPSA) is 87.2 Å². The number of phenolic OH excluding ortho intramolecular Hbond substituents is 1. The summed E-state index contributed by atoms with van der Waals surface area (Å²) in [6.07, 6.45) is 2.88. The third kappa shape index (κ3) is 3.15. The van der Waals surface area contributed by atoms with Gasteiger partial charge >= 0.3 is 0 Å². The molecule has 0 aliphatic heterocycles. The summed E-state index contributed by atoms with van der Waals surface area (Å²) in [5.41, 5.74) is 3.19. The van der Waals surface area contributed by atoms with Crippen LogP contribution in [0.15, 0.2) is 42.5 Å². The van der Waals surface area contributed by atoms with E-state index in [0.29, 0.717) is 17.2 Å². The van der Waals surface area contributed by atoms with Crippen LogP contribution in [-0.4, -0.2) is 28.1 Å². The zero-order chi connectivity index (χ0) is 18.1. The quantitative estimate of drug-likeness (QED) is 0.651. The number of benzene rings is 2. The fourth-order valence-corrected chi connectivity index (χ4v) is 3.23. The SMILES string of the molecule is CO[C@H](C(=O)Nc1ccc2nc(C3CCC3)[nH]c2c1)c1ccc(O)cc1. The maximum Gasteiger partial charge on any atom is 0.258 e. The van der Waals surface area contributed by atoms with Crippen LogP contribution in [0.1, 0.15) is 42.7 Å². The van der Waals surface area contributed by atoms with E-state index in [4.69, 9.17) is 4.74 Å². The predicted octanol–water partition coefficient (Wildman–Crippen LogP) is 3.86. The number of H-pyrrole nitrogens is 1. The number of methoxy groups -OCH3 is 1. The molecule has 0 saturated heterocycles. The van der Waals surface area contributed by atoms with E-state index in [0.717, 1.165) is 16.9 Å². The number of ether oxygens (including phenoxy) is 1. The minimum absolute atomic E-state index is 0.149. The molecule has 6 nitrogen and oxygen atoms in total. The standard InChI is InChI=1S/C20H21N3O3/c1-26-18(12-5-8-15(24)9-6-12)20(25)21-14-7-10-16-17(11-14)23-19(22-16)13-3-2-4-13/h5-11,13,18,24H,2-4H2,1H3,(H,21,25)(H,22,23)/t18-/m0/s1. The lowest BCUT2D eigenvalue weighted by Gasteiger charge is -2.22. The number of nitrogens with zero attached hydrogens (tertiary/aromatic N) is 1. The van der Waals surface area contributed by atoms with Gasteiger partial charge in [0, 0.05) is 18.7 Å². The normalized spacial score (nSPS) is 15.6. The van der Waals surface area contributed by atoms with Crippen molar-refractivity contribution in [3.05, 3.63) is 53.9 Å². The number of fused-ring (bicyclic) bond motifs is 1. The molecule has 1 heterocycles. The van der Waals surface area contributed by atoms with Gasteiger partial charge in [0.1, 0.15) is 11.6 Å². The molecule has 1 aromatic heterocycles. The van der Waals surface area contributed by atoms with E-state index in [2.05, 4.69) is 15.3 Å². The number of carbonyl (C=O) groups is 1. The Hall–Kier alpha value is -2.86. The molecule has 1 fully saturated rings. The van der Waals surface area contributed by atoms with Crippen LogP contribution in [0, 0.1) is 0 Å². The van der Waals surface area contributed by atoms with E-state index in [-0.39, 0.29) is 11.7 Å². The average molecular weight is 351 g/mol. The lowest BCUT2D eigenvalue weighted by molar-refractivity contribution is -0.126. The second-order valence-electron chi connectivity index (χ2n) is 6.68. The number of phenols is 1. The van der Waals surface area contributed by atoms with Crippen molar-refractivity contribution in [1.82, 2.24) is 9.97 Å². The number of hydrogen-bond donors (Lipinski definition) is 3. The van der Waals surface area contributed by atoms with Crippen molar-refractivity contribution in [1.29, 1.82) is 0 Å². The Morgan fingerprint density at radius 3 is 2.69 bits per heavy atom. The maximum absolute atomic E-state index is 12.6. The van der Waals surface area contributed by atoms with Gasteiger partial charge in [-0.25, -0.2) is 4.98 Å². The number of aromatic hydroxyl groups is 1. The zero-order valence-corrected chi connectivity index (χ0v) is 14.5. The van der Waals surface area contributed by atoms with Gasteiger partial charge in [0.05, 0.1) is 11.0 Å². The number of aromatic nitrogens is 2. The van der Waals surface area contributed by atoms with E-state index >= 15 is 0 Å². The van der Waals surface area contributed by atoms with Crippen molar-refractivity contribution in [2.45, 2.75) is 31.3 Å². The van der Waals surface area contributed by atoms with Crippen molar-refractivity contribution < 1.29 is 14.6 Å². The summed E-state index contributed by atoms with van der Waals surface area (Å²) in [5, 5.41) is 12.3. The highest BCUT2D eigenvalue weighted by atomic mass is 16.5. The number of imidazole rings is 1. The van der Waals surface area contributed by atoms with Crippen LogP contribution in [0.5, 0.6) is 5.75 Å². The molecule has 134 valence electrons. The van der Waals surface area contributed by atoms with Crippen molar-refractivity contribution in [2.75, 3.05) is 12.4 Å². The highest BCUT2D eigenvalue weighted by Gasteiger charge is 2.23. The largest absolute Gasteiger partial charge is 0.508 e. The van der Waals surface area contributed by atoms with Gasteiger partial charge in [-0.05, 0) is 48.7 Å². The molecule has 2 aromatic carbocycles. The van der Waals surface area contributed by atoms with E-state index in [9.17, 15) is 9.90 Å². The van der Waals surface area contributed by atoms with E-state index in [1.807, 2.05) is 18.2 Å². The van der Waals surface area contributed by atoms with Crippen LogP contribution in [0.4, 0.5) is 5.69 Å². The fraction of sp³-hybridized carbons (Fsp3) is 0.300. The number of amides is 1. The second-order valence-corrected chi connectivity index (χ2v) is 6.68. The Labute approximate surface area is 151 Å². The van der Waals surface area contributed by atoms with Crippen molar-refractivity contribution in [3.8, 4) is 5.75 Å². The van der Waals surface area contributed by atoms with Crippen LogP contribution in [-0.2, 0) is 9.53 Å². The Balaban J connectivity index is 1.53. The molecule has 0 radical (unpaired) electrons. The summed E-state index contributed by atoms with van der Waals surface area (Å²) in [6.45, 7) is 0. The molecule has 0 unspecified atom stereocenters. The van der Waals surface area contributed by atoms with E-state index < -0.39 is 6.10 Å². The van der Waals surface area contributed by atoms with Crippen molar-refractivity contribution in [3.63, 3.8) is 0 Å². The first-order valence-electron chi connectivity index (χ1n) is 8.76. The number of anilines is 1. The predicted molar refractivity (Wildman–Crippen MR) is 99.2 cm³/mol. The lowest BCUT2D eigenvalue weighted by atomic mass is 9.85. The van der Waals surface area contributed by atoms with Gasteiger partial charge in [-0.15, -0.1) is 0 Å². The summed E-state index contributed by atoms with van der Waals surface area (Å²) in [6, 6.07) is 12.1. The Morgan fingerprint density at radius 1 is 1.27 bits per heavy atom. The van der Waals surface area contributed by atoms with Gasteiger partial charge in [-0.2, -0.15) is 0 Å². The monoisotopic (exact) mass is 351 g/mol. The van der Waals surface area contributed by atoms with Crippen molar-refractivity contribution >= 4 is 22.6 Å². The Morgan fingerprint density at radius 2 is 2.04 bits per heavy atom. The van der Waals surface area contributed by atoms with Crippen LogP contribution in [0.25, 0.3) is 11.0 Å². The molecule has 1 aliphatic rings. The Kier molecular flexibility index (Phi) is 4.34. The maximum atomic E-state index is 12.6. The highest BCUT2D eigenvalue weighted by molar-refractivity contribution is 5.96. The molecule has 1 amide bonds. The van der Waals surface area contributed by atoms with Gasteiger partial charge in [-0.3, -0.25) is 4.79 Å². The third-order valence-electron chi connectivity index (χ3n) is 4.93. The highest BCUT2D eigenvalue weighted by Crippen LogP contribution is 2.35. The summed E-state index contributed by atoms with van der Waals surface area (Å²) < 4.78 is 5.34. The second kappa shape index (κ2) is 6.80. The summed E-state index contributed by atoms with van der Waals surface area (Å²) in [5.74, 6) is 1.45. The molecule has 26 heavy (non-hydrogen) atoms. The molecule has 1 atom stereocenters. The summed E-state index contributed by atoms with van der Waals surface area (Å²) in [7, 11) is 1.49. The molecular formula is C20H21N3O3. The van der Waals surface area contributed by atoms with Crippen LogP contribution in [0.2, 0.25) is 0 Å². The number of hydrogen-bond acceptors (Lipinski definition) is 4. The van der Waals surface area contributed by atoms with Gasteiger partial charge < -0.3 is 20.1 Å². The van der Waals surface area contributed by atoms with Gasteiger partial charge in [-0.1, -0.05) is 18.6 Å². The molecule has 0 spiro atoms. The van der Waals surface area contributed by atoms with E-state index in [1.54, 1.807) is 12.1 Å². The molecule has 0 bridgehead atoms. The van der Waals surface area contributed by atoms with Crippen LogP contribution < -0.4 is 5.32 Å². The Bertz CT molecular complexity index is 929. The molecule has 1 saturated carbocycles. The van der Waals surface area contributed by atoms with Gasteiger partial charge in [0.25, 0.3) is 5.91 Å². The number of nitrogens with one attached hydrogen (secondary N) is 2. The lowest BCUT2D eigenvalue weighted by Crippen LogP contribution is -2.22. The smallest absolute Gasteiger partial charge is 0.258 e. The minimum atomic E-state index is -0.751. The minimum Gasteiger partial charge on any atom is -0.508 e. The molecule has 3 aromatic rings. The average Bonchev–Trinajstić information content (AvgIpc) is 2.98. The van der Waals surface area contributed by atoms with Gasteiger partial charge in [0.2, 0.25) is 0 Å². The molecule has 1 aliphatic carbocycles.